The molecule has 4 rings (SSSR count). The van der Waals surface area contributed by atoms with E-state index in [1.54, 1.807) is 29.1 Å². The van der Waals surface area contributed by atoms with Crippen molar-refractivity contribution in [2.75, 3.05) is 0 Å². The van der Waals surface area contributed by atoms with Crippen LogP contribution in [0.2, 0.25) is 0 Å². The van der Waals surface area contributed by atoms with Gasteiger partial charge in [-0.2, -0.15) is 5.26 Å². The van der Waals surface area contributed by atoms with Crippen LogP contribution >= 0.6 is 0 Å². The SMILES string of the molecule is N#CC1=C(n2cccc2)OC2=C(C(=O)CCC2)[C@@H]1c1ccc(F)cc1. The fourth-order valence-electron chi connectivity index (χ4n) is 3.46. The van der Waals surface area contributed by atoms with Gasteiger partial charge in [0.05, 0.1) is 5.92 Å². The van der Waals surface area contributed by atoms with Gasteiger partial charge in [-0.25, -0.2) is 4.39 Å². The number of Topliss-reactive ketones (excluding diaryl/α,β-unsaturated/α-hetero) is 1. The van der Waals surface area contributed by atoms with Crippen molar-refractivity contribution in [3.63, 3.8) is 0 Å². The third-order valence-corrected chi connectivity index (χ3v) is 4.60. The molecule has 1 aromatic carbocycles. The van der Waals surface area contributed by atoms with Crippen LogP contribution in [0.15, 0.2) is 65.7 Å². The van der Waals surface area contributed by atoms with Crippen LogP contribution in [0.5, 0.6) is 0 Å². The summed E-state index contributed by atoms with van der Waals surface area (Å²) >= 11 is 0. The van der Waals surface area contributed by atoms with Crippen molar-refractivity contribution in [1.82, 2.24) is 4.57 Å². The smallest absolute Gasteiger partial charge is 0.218 e. The van der Waals surface area contributed by atoms with Gasteiger partial charge in [0.1, 0.15) is 23.2 Å². The van der Waals surface area contributed by atoms with Crippen LogP contribution in [0.25, 0.3) is 5.88 Å². The highest BCUT2D eigenvalue weighted by atomic mass is 19.1. The molecule has 25 heavy (non-hydrogen) atoms. The highest BCUT2D eigenvalue weighted by Gasteiger charge is 2.38. The molecule has 4 nitrogen and oxygen atoms in total. The van der Waals surface area contributed by atoms with E-state index in [-0.39, 0.29) is 11.6 Å². The molecular weight excluding hydrogens is 319 g/mol. The summed E-state index contributed by atoms with van der Waals surface area (Å²) in [6.45, 7) is 0. The average molecular weight is 334 g/mol. The molecule has 0 saturated heterocycles. The minimum absolute atomic E-state index is 0.00474. The van der Waals surface area contributed by atoms with Gasteiger partial charge < -0.3 is 4.74 Å². The van der Waals surface area contributed by atoms with Gasteiger partial charge in [-0.3, -0.25) is 9.36 Å². The zero-order valence-corrected chi connectivity index (χ0v) is 13.4. The second-order valence-corrected chi connectivity index (χ2v) is 6.12. The molecule has 0 radical (unpaired) electrons. The summed E-state index contributed by atoms with van der Waals surface area (Å²) in [7, 11) is 0. The van der Waals surface area contributed by atoms with Crippen molar-refractivity contribution < 1.29 is 13.9 Å². The summed E-state index contributed by atoms with van der Waals surface area (Å²) < 4.78 is 21.1. The molecule has 0 unspecified atom stereocenters. The number of carbonyl (C=O) groups is 1. The molecule has 1 aliphatic heterocycles. The van der Waals surface area contributed by atoms with Crippen LogP contribution in [-0.4, -0.2) is 10.4 Å². The first-order valence-corrected chi connectivity index (χ1v) is 8.16. The Labute approximate surface area is 144 Å². The second kappa shape index (κ2) is 6.06. The van der Waals surface area contributed by atoms with Crippen molar-refractivity contribution in [3.8, 4) is 6.07 Å². The molecule has 0 saturated carbocycles. The van der Waals surface area contributed by atoms with E-state index in [0.29, 0.717) is 41.2 Å². The number of benzene rings is 1. The van der Waals surface area contributed by atoms with E-state index < -0.39 is 5.92 Å². The predicted octanol–water partition coefficient (Wildman–Crippen LogP) is 4.14. The number of hydrogen-bond acceptors (Lipinski definition) is 3. The van der Waals surface area contributed by atoms with Gasteiger partial charge in [-0.1, -0.05) is 12.1 Å². The lowest BCUT2D eigenvalue weighted by Crippen LogP contribution is -2.26. The first kappa shape index (κ1) is 15.4. The molecule has 0 N–H and O–H groups in total. The largest absolute Gasteiger partial charge is 0.443 e. The zero-order valence-electron chi connectivity index (χ0n) is 13.4. The van der Waals surface area contributed by atoms with Crippen LogP contribution in [-0.2, 0) is 9.53 Å². The highest BCUT2D eigenvalue weighted by Crippen LogP contribution is 2.45. The van der Waals surface area contributed by atoms with Gasteiger partial charge in [-0.05, 0) is 36.2 Å². The number of nitrogens with zero attached hydrogens (tertiary/aromatic N) is 2. The lowest BCUT2D eigenvalue weighted by Gasteiger charge is -2.32. The molecule has 124 valence electrons. The molecule has 2 aliphatic rings. The molecule has 0 fully saturated rings. The van der Waals surface area contributed by atoms with Crippen LogP contribution in [0, 0.1) is 17.1 Å². The normalized spacial score (nSPS) is 20.2. The molecule has 1 atom stereocenters. The first-order chi connectivity index (χ1) is 12.2. The Morgan fingerprint density at radius 1 is 1.16 bits per heavy atom. The standard InChI is InChI=1S/C20H15FN2O2/c21-14-8-6-13(7-9-14)18-15(12-22)20(23-10-1-2-11-23)25-17-5-3-4-16(24)19(17)18/h1-2,6-11,18H,3-5H2/t18-/m1/s1. The number of ketones is 1. The maximum absolute atomic E-state index is 13.4. The molecule has 1 aliphatic carbocycles. The Hall–Kier alpha value is -3.13. The van der Waals surface area contributed by atoms with Crippen LogP contribution in [0.3, 0.4) is 0 Å². The minimum Gasteiger partial charge on any atom is -0.443 e. The van der Waals surface area contributed by atoms with Crippen LogP contribution in [0.1, 0.15) is 30.7 Å². The number of ether oxygens (including phenoxy) is 1. The Morgan fingerprint density at radius 3 is 2.56 bits per heavy atom. The molecule has 1 aromatic heterocycles. The fourth-order valence-corrected chi connectivity index (χ4v) is 3.46. The quantitative estimate of drug-likeness (QED) is 0.829. The fraction of sp³-hybridized carbons (Fsp3) is 0.200. The molecule has 2 aromatic rings. The molecule has 2 heterocycles. The van der Waals surface area contributed by atoms with E-state index in [0.717, 1.165) is 6.42 Å². The van der Waals surface area contributed by atoms with Crippen LogP contribution < -0.4 is 0 Å². The Kier molecular flexibility index (Phi) is 3.73. The van der Waals surface area contributed by atoms with Crippen molar-refractivity contribution in [3.05, 3.63) is 77.1 Å². The number of allylic oxidation sites excluding steroid dienone is 3. The summed E-state index contributed by atoms with van der Waals surface area (Å²) in [5, 5.41) is 9.81. The van der Waals surface area contributed by atoms with E-state index in [1.807, 2.05) is 12.1 Å². The monoisotopic (exact) mass is 334 g/mol. The van der Waals surface area contributed by atoms with Crippen molar-refractivity contribution >= 4 is 11.7 Å². The first-order valence-electron chi connectivity index (χ1n) is 8.16. The number of carbonyl (C=O) groups excluding carboxylic acids is 1. The van der Waals surface area contributed by atoms with Gasteiger partial charge >= 0.3 is 0 Å². The molecule has 0 bridgehead atoms. The third kappa shape index (κ3) is 2.56. The lowest BCUT2D eigenvalue weighted by molar-refractivity contribution is -0.116. The number of aromatic nitrogens is 1. The van der Waals surface area contributed by atoms with Gasteiger partial charge in [0.15, 0.2) is 5.78 Å². The molecule has 0 amide bonds. The molecule has 5 heteroatoms. The number of hydrogen-bond donors (Lipinski definition) is 0. The van der Waals surface area contributed by atoms with Crippen LogP contribution in [0.4, 0.5) is 4.39 Å². The highest BCUT2D eigenvalue weighted by molar-refractivity contribution is 6.00. The second-order valence-electron chi connectivity index (χ2n) is 6.12. The summed E-state index contributed by atoms with van der Waals surface area (Å²) in [5.74, 6) is 0.145. The van der Waals surface area contributed by atoms with Gasteiger partial charge in [0.25, 0.3) is 0 Å². The third-order valence-electron chi connectivity index (χ3n) is 4.60. The zero-order chi connectivity index (χ0) is 17.4. The summed E-state index contributed by atoms with van der Waals surface area (Å²) in [4.78, 5) is 12.6. The van der Waals surface area contributed by atoms with Crippen molar-refractivity contribution in [2.45, 2.75) is 25.2 Å². The summed E-state index contributed by atoms with van der Waals surface area (Å²) in [6.07, 6.45) is 5.42. The number of rotatable bonds is 2. The Bertz CT molecular complexity index is 931. The van der Waals surface area contributed by atoms with Gasteiger partial charge in [-0.15, -0.1) is 0 Å². The van der Waals surface area contributed by atoms with Gasteiger partial charge in [0.2, 0.25) is 5.88 Å². The maximum Gasteiger partial charge on any atom is 0.218 e. The average Bonchev–Trinajstić information content (AvgIpc) is 3.15. The summed E-state index contributed by atoms with van der Waals surface area (Å²) in [6, 6.07) is 11.9. The molecular formula is C20H15FN2O2. The van der Waals surface area contributed by atoms with E-state index in [1.165, 1.54) is 12.1 Å². The predicted molar refractivity (Wildman–Crippen MR) is 89.4 cm³/mol. The van der Waals surface area contributed by atoms with Crippen molar-refractivity contribution in [1.29, 1.82) is 5.26 Å². The summed E-state index contributed by atoms with van der Waals surface area (Å²) in [5.41, 5.74) is 1.61. The topological polar surface area (TPSA) is 55.0 Å². The van der Waals surface area contributed by atoms with E-state index in [9.17, 15) is 14.4 Å². The number of nitriles is 1. The van der Waals surface area contributed by atoms with E-state index >= 15 is 0 Å². The van der Waals surface area contributed by atoms with Gasteiger partial charge in [0, 0.05) is 30.8 Å². The Balaban J connectivity index is 1.94. The minimum atomic E-state index is -0.528. The van der Waals surface area contributed by atoms with Crippen molar-refractivity contribution in [2.24, 2.45) is 0 Å². The Morgan fingerprint density at radius 2 is 1.88 bits per heavy atom. The van der Waals surface area contributed by atoms with E-state index in [2.05, 4.69) is 6.07 Å². The molecule has 0 spiro atoms. The number of halogens is 1. The maximum atomic E-state index is 13.4. The van der Waals surface area contributed by atoms with E-state index in [4.69, 9.17) is 4.74 Å². The lowest BCUT2D eigenvalue weighted by atomic mass is 9.77.